The summed E-state index contributed by atoms with van der Waals surface area (Å²) in [6, 6.07) is 8.94. The molecule has 1 amide bonds. The van der Waals surface area contributed by atoms with E-state index in [-0.39, 0.29) is 24.2 Å². The predicted molar refractivity (Wildman–Crippen MR) is 84.5 cm³/mol. The molecule has 1 aromatic heterocycles. The molecule has 1 atom stereocenters. The van der Waals surface area contributed by atoms with Gasteiger partial charge in [0.05, 0.1) is 12.6 Å². The van der Waals surface area contributed by atoms with Crippen molar-refractivity contribution in [3.05, 3.63) is 41.2 Å². The van der Waals surface area contributed by atoms with E-state index in [1.165, 1.54) is 0 Å². The van der Waals surface area contributed by atoms with Gasteiger partial charge in [-0.25, -0.2) is 4.98 Å². The van der Waals surface area contributed by atoms with Crippen LogP contribution >= 0.6 is 11.6 Å². The van der Waals surface area contributed by atoms with Crippen LogP contribution in [0.1, 0.15) is 30.8 Å². The van der Waals surface area contributed by atoms with Gasteiger partial charge < -0.3 is 10.4 Å². The fraction of sp³-hybridized carbons (Fsp3) is 0.375. The number of nitrogens with zero attached hydrogens (tertiary/aromatic N) is 1. The van der Waals surface area contributed by atoms with Crippen molar-refractivity contribution in [2.45, 2.75) is 26.3 Å². The van der Waals surface area contributed by atoms with Crippen LogP contribution in [0.15, 0.2) is 30.3 Å². The van der Waals surface area contributed by atoms with Gasteiger partial charge in [-0.05, 0) is 23.8 Å². The van der Waals surface area contributed by atoms with Crippen LogP contribution < -0.4 is 5.32 Å². The van der Waals surface area contributed by atoms with Crippen molar-refractivity contribution in [3.63, 3.8) is 0 Å². The maximum atomic E-state index is 12.2. The lowest BCUT2D eigenvalue weighted by molar-refractivity contribution is 0.0903. The summed E-state index contributed by atoms with van der Waals surface area (Å²) in [5, 5.41) is 14.1. The zero-order valence-electron chi connectivity index (χ0n) is 12.1. The molecule has 21 heavy (non-hydrogen) atoms. The monoisotopic (exact) mass is 306 g/mol. The molecule has 1 aromatic carbocycles. The first-order valence-electron chi connectivity index (χ1n) is 6.98. The van der Waals surface area contributed by atoms with Gasteiger partial charge in [-0.15, -0.1) is 0 Å². The molecule has 2 rings (SSSR count). The third kappa shape index (κ3) is 3.93. The Kier molecular flexibility index (Phi) is 5.15. The minimum absolute atomic E-state index is 0.0920. The summed E-state index contributed by atoms with van der Waals surface area (Å²) in [6.07, 6.45) is 0.712. The Morgan fingerprint density at radius 2 is 2.10 bits per heavy atom. The Hall–Kier alpha value is -1.65. The van der Waals surface area contributed by atoms with Crippen LogP contribution in [0.2, 0.25) is 5.15 Å². The second-order valence-corrected chi connectivity index (χ2v) is 5.86. The molecule has 4 nitrogen and oxygen atoms in total. The van der Waals surface area contributed by atoms with E-state index in [2.05, 4.69) is 10.3 Å². The number of carbonyl (C=O) groups is 1. The Morgan fingerprint density at radius 3 is 2.76 bits per heavy atom. The highest BCUT2D eigenvalue weighted by molar-refractivity contribution is 6.34. The van der Waals surface area contributed by atoms with E-state index in [0.717, 1.165) is 10.8 Å². The predicted octanol–water partition coefficient (Wildman–Crippen LogP) is 3.03. The number of aliphatic hydroxyl groups excluding tert-OH is 1. The van der Waals surface area contributed by atoms with Gasteiger partial charge in [-0.1, -0.05) is 49.7 Å². The summed E-state index contributed by atoms with van der Waals surface area (Å²) in [5.41, 5.74) is 0.265. The second-order valence-electron chi connectivity index (χ2n) is 5.50. The van der Waals surface area contributed by atoms with Gasteiger partial charge >= 0.3 is 0 Å². The SMILES string of the molecule is CC(C)CC(CO)NC(=O)c1cc2ccccc2c(Cl)n1. The highest BCUT2D eigenvalue weighted by Crippen LogP contribution is 2.22. The molecule has 2 N–H and O–H groups in total. The molecule has 112 valence electrons. The van der Waals surface area contributed by atoms with Crippen LogP contribution in [0.3, 0.4) is 0 Å². The number of hydrogen-bond donors (Lipinski definition) is 2. The number of nitrogens with one attached hydrogen (secondary N) is 1. The van der Waals surface area contributed by atoms with Crippen LogP contribution in [0, 0.1) is 5.92 Å². The van der Waals surface area contributed by atoms with Crippen LogP contribution in [0.5, 0.6) is 0 Å². The number of pyridine rings is 1. The van der Waals surface area contributed by atoms with Crippen molar-refractivity contribution in [2.24, 2.45) is 5.92 Å². The smallest absolute Gasteiger partial charge is 0.270 e. The molecule has 2 aromatic rings. The first kappa shape index (κ1) is 15.7. The topological polar surface area (TPSA) is 62.2 Å². The largest absolute Gasteiger partial charge is 0.394 e. The lowest BCUT2D eigenvalue weighted by Crippen LogP contribution is -2.38. The number of halogens is 1. The molecule has 1 heterocycles. The maximum absolute atomic E-state index is 12.2. The fourth-order valence-electron chi connectivity index (χ4n) is 2.28. The average Bonchev–Trinajstić information content (AvgIpc) is 2.46. The Morgan fingerprint density at radius 1 is 1.38 bits per heavy atom. The van der Waals surface area contributed by atoms with Gasteiger partial charge in [0.25, 0.3) is 5.91 Å². The van der Waals surface area contributed by atoms with E-state index in [1.54, 1.807) is 6.07 Å². The first-order chi connectivity index (χ1) is 10.0. The van der Waals surface area contributed by atoms with Crippen molar-refractivity contribution in [1.82, 2.24) is 10.3 Å². The van der Waals surface area contributed by atoms with E-state index < -0.39 is 0 Å². The van der Waals surface area contributed by atoms with Crippen molar-refractivity contribution in [2.75, 3.05) is 6.61 Å². The molecule has 1 unspecified atom stereocenters. The minimum Gasteiger partial charge on any atom is -0.394 e. The zero-order chi connectivity index (χ0) is 15.4. The zero-order valence-corrected chi connectivity index (χ0v) is 12.9. The molecule has 0 saturated heterocycles. The number of hydrogen-bond acceptors (Lipinski definition) is 3. The molecule has 0 aliphatic rings. The first-order valence-corrected chi connectivity index (χ1v) is 7.36. The molecule has 0 aliphatic carbocycles. The summed E-state index contributed by atoms with van der Waals surface area (Å²) in [5.74, 6) is 0.0675. The van der Waals surface area contributed by atoms with Crippen molar-refractivity contribution < 1.29 is 9.90 Å². The van der Waals surface area contributed by atoms with Crippen LogP contribution in [0.4, 0.5) is 0 Å². The number of amides is 1. The highest BCUT2D eigenvalue weighted by atomic mass is 35.5. The van der Waals surface area contributed by atoms with E-state index in [9.17, 15) is 9.90 Å². The summed E-state index contributed by atoms with van der Waals surface area (Å²) in [4.78, 5) is 16.4. The average molecular weight is 307 g/mol. The number of benzene rings is 1. The number of aromatic nitrogens is 1. The summed E-state index contributed by atoms with van der Waals surface area (Å²) < 4.78 is 0. The van der Waals surface area contributed by atoms with Gasteiger partial charge in [0.15, 0.2) is 0 Å². The second kappa shape index (κ2) is 6.87. The van der Waals surface area contributed by atoms with Gasteiger partial charge in [0.1, 0.15) is 10.8 Å². The molecular weight excluding hydrogens is 288 g/mol. The van der Waals surface area contributed by atoms with Crippen LogP contribution in [-0.4, -0.2) is 28.6 Å². The fourth-order valence-corrected chi connectivity index (χ4v) is 2.54. The number of aliphatic hydroxyl groups is 1. The molecule has 0 bridgehead atoms. The van der Waals surface area contributed by atoms with E-state index in [0.29, 0.717) is 17.5 Å². The number of fused-ring (bicyclic) bond motifs is 1. The maximum Gasteiger partial charge on any atom is 0.270 e. The molecule has 0 aliphatic heterocycles. The van der Waals surface area contributed by atoms with Gasteiger partial charge in [-0.2, -0.15) is 0 Å². The Bertz CT molecular complexity index is 643. The summed E-state index contributed by atoms with van der Waals surface area (Å²) in [7, 11) is 0. The van der Waals surface area contributed by atoms with Crippen molar-refractivity contribution in [3.8, 4) is 0 Å². The van der Waals surface area contributed by atoms with Gasteiger partial charge in [-0.3, -0.25) is 4.79 Å². The van der Waals surface area contributed by atoms with Crippen LogP contribution in [-0.2, 0) is 0 Å². The Labute approximate surface area is 129 Å². The molecule has 5 heteroatoms. The molecule has 0 saturated carbocycles. The third-order valence-corrected chi connectivity index (χ3v) is 3.53. The van der Waals surface area contributed by atoms with Gasteiger partial charge in [0.2, 0.25) is 0 Å². The molecule has 0 spiro atoms. The van der Waals surface area contributed by atoms with Crippen molar-refractivity contribution in [1.29, 1.82) is 0 Å². The van der Waals surface area contributed by atoms with E-state index >= 15 is 0 Å². The standard InChI is InChI=1S/C16H19ClN2O2/c1-10(2)7-12(9-20)18-16(21)14-8-11-5-3-4-6-13(11)15(17)19-14/h3-6,8,10,12,20H,7,9H2,1-2H3,(H,18,21). The summed E-state index contributed by atoms with van der Waals surface area (Å²) >= 11 is 6.12. The van der Waals surface area contributed by atoms with Crippen LogP contribution in [0.25, 0.3) is 10.8 Å². The highest BCUT2D eigenvalue weighted by Gasteiger charge is 2.16. The van der Waals surface area contributed by atoms with E-state index in [1.807, 2.05) is 38.1 Å². The lowest BCUT2D eigenvalue weighted by atomic mass is 10.0. The molecule has 0 fully saturated rings. The molecular formula is C16H19ClN2O2. The van der Waals surface area contributed by atoms with Gasteiger partial charge in [0, 0.05) is 5.39 Å². The number of rotatable bonds is 5. The van der Waals surface area contributed by atoms with Crippen molar-refractivity contribution >= 4 is 28.3 Å². The number of carbonyl (C=O) groups excluding carboxylic acids is 1. The molecule has 0 radical (unpaired) electrons. The quantitative estimate of drug-likeness (QED) is 0.835. The lowest BCUT2D eigenvalue weighted by Gasteiger charge is -2.18. The summed E-state index contributed by atoms with van der Waals surface area (Å²) in [6.45, 7) is 3.99. The van der Waals surface area contributed by atoms with E-state index in [4.69, 9.17) is 11.6 Å². The third-order valence-electron chi connectivity index (χ3n) is 3.24. The Balaban J connectivity index is 2.23. The minimum atomic E-state index is -0.317. The normalized spacial score (nSPS) is 12.6.